The van der Waals surface area contributed by atoms with Crippen molar-refractivity contribution in [2.24, 2.45) is 7.05 Å². The van der Waals surface area contributed by atoms with Crippen molar-refractivity contribution in [3.63, 3.8) is 0 Å². The lowest BCUT2D eigenvalue weighted by Gasteiger charge is -2.34. The molecule has 0 unspecified atom stereocenters. The second-order valence-electron chi connectivity index (χ2n) is 7.60. The fourth-order valence-electron chi connectivity index (χ4n) is 4.05. The van der Waals surface area contributed by atoms with Crippen molar-refractivity contribution in [3.05, 3.63) is 66.0 Å². The smallest absolute Gasteiger partial charge is 0.222 e. The van der Waals surface area contributed by atoms with Gasteiger partial charge in [-0.25, -0.2) is 4.98 Å². The third-order valence-electron chi connectivity index (χ3n) is 5.71. The molecular formula is C23H28N4O. The zero-order chi connectivity index (χ0) is 19.3. The number of pyridine rings is 1. The molecule has 1 fully saturated rings. The summed E-state index contributed by atoms with van der Waals surface area (Å²) in [7, 11) is 2.05. The topological polar surface area (TPSA) is 41.4 Å². The van der Waals surface area contributed by atoms with Crippen LogP contribution in [0.5, 0.6) is 0 Å². The van der Waals surface area contributed by atoms with Crippen LogP contribution in [0.2, 0.25) is 0 Å². The number of benzene rings is 1. The number of fused-ring (bicyclic) bond motifs is 1. The van der Waals surface area contributed by atoms with Gasteiger partial charge in [0, 0.05) is 64.0 Å². The van der Waals surface area contributed by atoms with Gasteiger partial charge in [-0.1, -0.05) is 30.3 Å². The highest BCUT2D eigenvalue weighted by Gasteiger charge is 2.21. The molecule has 0 aliphatic carbocycles. The Morgan fingerprint density at radius 1 is 1.00 bits per heavy atom. The second-order valence-corrected chi connectivity index (χ2v) is 7.60. The van der Waals surface area contributed by atoms with Crippen molar-refractivity contribution in [2.75, 3.05) is 32.7 Å². The van der Waals surface area contributed by atoms with Gasteiger partial charge >= 0.3 is 0 Å². The fourth-order valence-corrected chi connectivity index (χ4v) is 4.05. The highest BCUT2D eigenvalue weighted by molar-refractivity contribution is 5.80. The molecular weight excluding hydrogens is 348 g/mol. The van der Waals surface area contributed by atoms with E-state index in [-0.39, 0.29) is 5.91 Å². The number of aryl methyl sites for hydroxylation is 2. The van der Waals surface area contributed by atoms with Crippen LogP contribution in [0.1, 0.15) is 17.5 Å². The van der Waals surface area contributed by atoms with E-state index in [0.29, 0.717) is 6.42 Å². The molecule has 4 rings (SSSR count). The number of hydrogen-bond donors (Lipinski definition) is 0. The van der Waals surface area contributed by atoms with E-state index in [1.807, 2.05) is 35.4 Å². The van der Waals surface area contributed by atoms with E-state index in [1.165, 1.54) is 16.5 Å². The zero-order valence-electron chi connectivity index (χ0n) is 16.6. The number of amides is 1. The summed E-state index contributed by atoms with van der Waals surface area (Å²) in [6.07, 6.45) is 6.49. The van der Waals surface area contributed by atoms with Gasteiger partial charge in [-0.2, -0.15) is 0 Å². The van der Waals surface area contributed by atoms with Crippen LogP contribution in [-0.2, 0) is 24.7 Å². The van der Waals surface area contributed by atoms with E-state index in [2.05, 4.69) is 45.9 Å². The Hall–Kier alpha value is -2.66. The summed E-state index contributed by atoms with van der Waals surface area (Å²) in [6, 6.07) is 14.4. The lowest BCUT2D eigenvalue weighted by molar-refractivity contribution is -0.132. The zero-order valence-corrected chi connectivity index (χ0v) is 16.6. The molecule has 3 aromatic rings. The van der Waals surface area contributed by atoms with E-state index < -0.39 is 0 Å². The molecule has 0 radical (unpaired) electrons. The third-order valence-corrected chi connectivity index (χ3v) is 5.71. The number of aromatic nitrogens is 2. The maximum absolute atomic E-state index is 12.5. The van der Waals surface area contributed by atoms with Gasteiger partial charge < -0.3 is 9.47 Å². The quantitative estimate of drug-likeness (QED) is 0.664. The van der Waals surface area contributed by atoms with Gasteiger partial charge in [-0.05, 0) is 36.1 Å². The van der Waals surface area contributed by atoms with Gasteiger partial charge in [-0.3, -0.25) is 9.69 Å². The predicted molar refractivity (Wildman–Crippen MR) is 112 cm³/mol. The van der Waals surface area contributed by atoms with Crippen LogP contribution < -0.4 is 0 Å². The van der Waals surface area contributed by atoms with Crippen LogP contribution >= 0.6 is 0 Å². The lowest BCUT2D eigenvalue weighted by atomic mass is 10.1. The van der Waals surface area contributed by atoms with E-state index >= 15 is 0 Å². The molecule has 3 heterocycles. The summed E-state index contributed by atoms with van der Waals surface area (Å²) in [5.41, 5.74) is 3.64. The van der Waals surface area contributed by atoms with Crippen molar-refractivity contribution >= 4 is 16.9 Å². The summed E-state index contributed by atoms with van der Waals surface area (Å²) >= 11 is 0. The van der Waals surface area contributed by atoms with Gasteiger partial charge in [0.15, 0.2) is 0 Å². The molecule has 1 amide bonds. The van der Waals surface area contributed by atoms with Crippen LogP contribution in [0.3, 0.4) is 0 Å². The molecule has 5 nitrogen and oxygen atoms in total. The number of carbonyl (C=O) groups excluding carboxylic acids is 1. The second kappa shape index (κ2) is 8.57. The monoisotopic (exact) mass is 376 g/mol. The normalized spacial score (nSPS) is 15.2. The van der Waals surface area contributed by atoms with Crippen LogP contribution in [0.4, 0.5) is 0 Å². The number of piperazine rings is 1. The van der Waals surface area contributed by atoms with Crippen LogP contribution in [0.15, 0.2) is 54.9 Å². The minimum absolute atomic E-state index is 0.281. The van der Waals surface area contributed by atoms with Crippen molar-refractivity contribution in [1.29, 1.82) is 0 Å². The molecule has 2 aromatic heterocycles. The molecule has 5 heteroatoms. The van der Waals surface area contributed by atoms with Gasteiger partial charge in [0.1, 0.15) is 5.65 Å². The number of carbonyl (C=O) groups is 1. The van der Waals surface area contributed by atoms with Crippen LogP contribution in [0, 0.1) is 0 Å². The molecule has 0 N–H and O–H groups in total. The molecule has 1 aromatic carbocycles. The fraction of sp³-hybridized carbons (Fsp3) is 0.391. The Kier molecular flexibility index (Phi) is 5.72. The Morgan fingerprint density at radius 3 is 2.57 bits per heavy atom. The van der Waals surface area contributed by atoms with Crippen molar-refractivity contribution in [2.45, 2.75) is 19.3 Å². The number of hydrogen-bond acceptors (Lipinski definition) is 3. The summed E-state index contributed by atoms with van der Waals surface area (Å²) < 4.78 is 2.11. The van der Waals surface area contributed by atoms with Crippen LogP contribution in [0.25, 0.3) is 11.0 Å². The maximum atomic E-state index is 12.5. The SMILES string of the molecule is Cn1cc(CCN2CCN(C(=O)CCc3ccccc3)CC2)c2cccnc21. The maximum Gasteiger partial charge on any atom is 0.222 e. The lowest BCUT2D eigenvalue weighted by Crippen LogP contribution is -2.49. The minimum atomic E-state index is 0.281. The summed E-state index contributed by atoms with van der Waals surface area (Å²) in [4.78, 5) is 21.5. The molecule has 1 saturated heterocycles. The molecule has 0 saturated carbocycles. The Bertz CT molecular complexity index is 926. The average molecular weight is 377 g/mol. The molecule has 0 spiro atoms. The largest absolute Gasteiger partial charge is 0.340 e. The Labute approximate surface area is 166 Å². The van der Waals surface area contributed by atoms with Crippen molar-refractivity contribution < 1.29 is 4.79 Å². The van der Waals surface area contributed by atoms with E-state index in [0.717, 1.165) is 51.2 Å². The summed E-state index contributed by atoms with van der Waals surface area (Å²) in [5, 5.41) is 1.25. The van der Waals surface area contributed by atoms with Crippen molar-refractivity contribution in [1.82, 2.24) is 19.4 Å². The molecule has 28 heavy (non-hydrogen) atoms. The number of rotatable bonds is 6. The van der Waals surface area contributed by atoms with E-state index in [1.54, 1.807) is 0 Å². The van der Waals surface area contributed by atoms with Gasteiger partial charge in [-0.15, -0.1) is 0 Å². The molecule has 0 atom stereocenters. The minimum Gasteiger partial charge on any atom is -0.340 e. The average Bonchev–Trinajstić information content (AvgIpc) is 3.07. The molecule has 1 aliphatic heterocycles. The first-order chi connectivity index (χ1) is 13.7. The Morgan fingerprint density at radius 2 is 1.79 bits per heavy atom. The highest BCUT2D eigenvalue weighted by atomic mass is 16.2. The Balaban J connectivity index is 1.24. The van der Waals surface area contributed by atoms with Crippen molar-refractivity contribution in [3.8, 4) is 0 Å². The van der Waals surface area contributed by atoms with Gasteiger partial charge in [0.25, 0.3) is 0 Å². The van der Waals surface area contributed by atoms with Gasteiger partial charge in [0.2, 0.25) is 5.91 Å². The highest BCUT2D eigenvalue weighted by Crippen LogP contribution is 2.19. The molecule has 1 aliphatic rings. The summed E-state index contributed by atoms with van der Waals surface area (Å²) in [6.45, 7) is 4.62. The standard InChI is InChI=1S/C23H28N4O/c1-25-18-20(21-8-5-12-24-23(21)25)11-13-26-14-16-27(17-15-26)22(28)10-9-19-6-3-2-4-7-19/h2-8,12,18H,9-11,13-17H2,1H3. The first-order valence-electron chi connectivity index (χ1n) is 10.1. The third kappa shape index (κ3) is 4.25. The molecule has 0 bridgehead atoms. The van der Waals surface area contributed by atoms with E-state index in [9.17, 15) is 4.79 Å². The first kappa shape index (κ1) is 18.7. The molecule has 146 valence electrons. The number of nitrogens with zero attached hydrogens (tertiary/aromatic N) is 4. The van der Waals surface area contributed by atoms with E-state index in [4.69, 9.17) is 0 Å². The predicted octanol–water partition coefficient (Wildman–Crippen LogP) is 2.89. The van der Waals surface area contributed by atoms with Gasteiger partial charge in [0.05, 0.1) is 0 Å². The first-order valence-corrected chi connectivity index (χ1v) is 10.1. The van der Waals surface area contributed by atoms with Crippen LogP contribution in [-0.4, -0.2) is 58.0 Å². The summed E-state index contributed by atoms with van der Waals surface area (Å²) in [5.74, 6) is 0.281.